The zero-order valence-corrected chi connectivity index (χ0v) is 11.0. The second-order valence-electron chi connectivity index (χ2n) is 5.27. The van der Waals surface area contributed by atoms with Crippen molar-refractivity contribution in [3.05, 3.63) is 27.9 Å². The first-order chi connectivity index (χ1) is 9.70. The molecule has 3 rings (SSSR count). The van der Waals surface area contributed by atoms with Crippen LogP contribution < -0.4 is 10.2 Å². The molecule has 7 nitrogen and oxygen atoms in total. The van der Waals surface area contributed by atoms with Gasteiger partial charge in [0, 0.05) is 25.3 Å². The Labute approximate surface area is 116 Å². The van der Waals surface area contributed by atoms with Crippen LogP contribution in [0, 0.1) is 27.4 Å². The largest absolute Gasteiger partial charge is 0.349 e. The highest BCUT2D eigenvalue weighted by atomic mass is 16.6. The topological polar surface area (TPSA) is 95.1 Å². The number of piperidine rings is 1. The van der Waals surface area contributed by atoms with Crippen LogP contribution in [-0.4, -0.2) is 35.6 Å². The van der Waals surface area contributed by atoms with E-state index in [1.54, 1.807) is 0 Å². The van der Waals surface area contributed by atoms with E-state index in [-0.39, 0.29) is 11.3 Å². The number of fused-ring (bicyclic) bond motifs is 1. The summed E-state index contributed by atoms with van der Waals surface area (Å²) in [5.74, 6) is 0.834. The average Bonchev–Trinajstić information content (AvgIpc) is 2.90. The fraction of sp³-hybridized carbons (Fsp3) is 0.538. The average molecular weight is 273 g/mol. The third-order valence-electron chi connectivity index (χ3n) is 4.11. The summed E-state index contributed by atoms with van der Waals surface area (Å²) in [4.78, 5) is 16.8. The first-order valence-corrected chi connectivity index (χ1v) is 6.72. The quantitative estimate of drug-likeness (QED) is 0.639. The number of hydrogen-bond donors (Lipinski definition) is 1. The molecule has 7 heteroatoms. The molecule has 2 aliphatic heterocycles. The number of nitro groups is 1. The van der Waals surface area contributed by atoms with Crippen molar-refractivity contribution in [3.8, 4) is 6.07 Å². The number of rotatable bonds is 2. The van der Waals surface area contributed by atoms with Crippen LogP contribution in [0.3, 0.4) is 0 Å². The zero-order chi connectivity index (χ0) is 14.1. The summed E-state index contributed by atoms with van der Waals surface area (Å²) in [5, 5.41) is 23.7. The van der Waals surface area contributed by atoms with Crippen molar-refractivity contribution in [1.29, 1.82) is 5.26 Å². The molecule has 3 heterocycles. The van der Waals surface area contributed by atoms with Crippen molar-refractivity contribution in [3.63, 3.8) is 0 Å². The lowest BCUT2D eigenvalue weighted by Gasteiger charge is -2.24. The summed E-state index contributed by atoms with van der Waals surface area (Å²) in [6.07, 6.45) is 3.75. The molecule has 1 aromatic rings. The van der Waals surface area contributed by atoms with Crippen molar-refractivity contribution < 1.29 is 4.92 Å². The summed E-state index contributed by atoms with van der Waals surface area (Å²) >= 11 is 0. The number of pyridine rings is 1. The molecule has 20 heavy (non-hydrogen) atoms. The molecule has 2 aliphatic rings. The van der Waals surface area contributed by atoms with E-state index in [1.807, 2.05) is 11.0 Å². The third kappa shape index (κ3) is 2.08. The van der Waals surface area contributed by atoms with Crippen molar-refractivity contribution in [2.24, 2.45) is 5.92 Å². The van der Waals surface area contributed by atoms with Gasteiger partial charge in [-0.1, -0.05) is 0 Å². The molecule has 0 bridgehead atoms. The molecule has 0 aliphatic carbocycles. The minimum absolute atomic E-state index is 0.0721. The number of hydrogen-bond acceptors (Lipinski definition) is 6. The van der Waals surface area contributed by atoms with Gasteiger partial charge in [0.1, 0.15) is 11.6 Å². The minimum atomic E-state index is -0.504. The molecule has 1 aromatic heterocycles. The molecule has 0 aromatic carbocycles. The molecule has 2 atom stereocenters. The van der Waals surface area contributed by atoms with E-state index in [0.717, 1.165) is 25.9 Å². The molecular formula is C13H15N5O2. The second kappa shape index (κ2) is 5.06. The maximum absolute atomic E-state index is 11.2. The summed E-state index contributed by atoms with van der Waals surface area (Å²) in [7, 11) is 0. The Kier molecular flexibility index (Phi) is 3.24. The summed E-state index contributed by atoms with van der Waals surface area (Å²) in [6, 6.07) is 3.64. The number of nitrogens with one attached hydrogen (secondary N) is 1. The summed E-state index contributed by atoms with van der Waals surface area (Å²) in [6.45, 7) is 2.48. The van der Waals surface area contributed by atoms with Gasteiger partial charge in [-0.3, -0.25) is 10.1 Å². The van der Waals surface area contributed by atoms with Crippen molar-refractivity contribution in [1.82, 2.24) is 10.3 Å². The summed E-state index contributed by atoms with van der Waals surface area (Å²) < 4.78 is 0. The van der Waals surface area contributed by atoms with E-state index in [0.29, 0.717) is 24.3 Å². The summed E-state index contributed by atoms with van der Waals surface area (Å²) in [5.41, 5.74) is -0.100. The first kappa shape index (κ1) is 12.8. The second-order valence-corrected chi connectivity index (χ2v) is 5.27. The van der Waals surface area contributed by atoms with Crippen LogP contribution in [0.5, 0.6) is 0 Å². The van der Waals surface area contributed by atoms with E-state index in [2.05, 4.69) is 10.3 Å². The van der Waals surface area contributed by atoms with Gasteiger partial charge >= 0.3 is 5.69 Å². The lowest BCUT2D eigenvalue weighted by atomic mass is 9.94. The van der Waals surface area contributed by atoms with Crippen molar-refractivity contribution >= 4 is 11.5 Å². The van der Waals surface area contributed by atoms with Crippen LogP contribution in [0.25, 0.3) is 0 Å². The Morgan fingerprint density at radius 1 is 1.55 bits per heavy atom. The van der Waals surface area contributed by atoms with Gasteiger partial charge in [-0.05, 0) is 31.4 Å². The molecule has 2 saturated heterocycles. The van der Waals surface area contributed by atoms with Gasteiger partial charge in [0.05, 0.1) is 4.92 Å². The van der Waals surface area contributed by atoms with Gasteiger partial charge < -0.3 is 10.2 Å². The third-order valence-corrected chi connectivity index (χ3v) is 4.11. The van der Waals surface area contributed by atoms with E-state index in [9.17, 15) is 10.1 Å². The molecule has 2 unspecified atom stereocenters. The number of anilines is 1. The van der Waals surface area contributed by atoms with Crippen LogP contribution in [0.2, 0.25) is 0 Å². The predicted molar refractivity (Wildman–Crippen MR) is 72.3 cm³/mol. The fourth-order valence-electron chi connectivity index (χ4n) is 3.16. The SMILES string of the molecule is N#Cc1ccnc(N2CC3CCCNC3C2)c1[N+](=O)[O-]. The molecule has 2 fully saturated rings. The van der Waals surface area contributed by atoms with Gasteiger partial charge in [-0.2, -0.15) is 5.26 Å². The molecule has 0 saturated carbocycles. The van der Waals surface area contributed by atoms with Gasteiger partial charge in [0.2, 0.25) is 5.82 Å². The van der Waals surface area contributed by atoms with Crippen LogP contribution in [-0.2, 0) is 0 Å². The number of nitriles is 1. The van der Waals surface area contributed by atoms with Gasteiger partial charge in [0.15, 0.2) is 0 Å². The zero-order valence-electron chi connectivity index (χ0n) is 11.0. The van der Waals surface area contributed by atoms with E-state index < -0.39 is 4.92 Å². The monoisotopic (exact) mass is 273 g/mol. The number of aromatic nitrogens is 1. The highest BCUT2D eigenvalue weighted by Gasteiger charge is 2.37. The highest BCUT2D eigenvalue weighted by Crippen LogP contribution is 2.34. The standard InChI is InChI=1S/C13H15N5O2/c14-6-9-3-5-16-13(12(9)18(19)20)17-7-10-2-1-4-15-11(10)8-17/h3,5,10-11,15H,1-2,4,7-8H2. The van der Waals surface area contributed by atoms with Gasteiger partial charge in [-0.25, -0.2) is 4.98 Å². The van der Waals surface area contributed by atoms with Crippen LogP contribution in [0.4, 0.5) is 11.5 Å². The molecule has 0 radical (unpaired) electrons. The Hall–Kier alpha value is -2.20. The van der Waals surface area contributed by atoms with Gasteiger partial charge in [0.25, 0.3) is 0 Å². The molecule has 1 N–H and O–H groups in total. The van der Waals surface area contributed by atoms with E-state index in [1.165, 1.54) is 12.3 Å². The van der Waals surface area contributed by atoms with Crippen LogP contribution in [0.1, 0.15) is 18.4 Å². The smallest absolute Gasteiger partial charge is 0.329 e. The van der Waals surface area contributed by atoms with E-state index in [4.69, 9.17) is 5.26 Å². The molecular weight excluding hydrogens is 258 g/mol. The molecule has 0 amide bonds. The van der Waals surface area contributed by atoms with E-state index >= 15 is 0 Å². The van der Waals surface area contributed by atoms with Crippen LogP contribution in [0.15, 0.2) is 12.3 Å². The first-order valence-electron chi connectivity index (χ1n) is 6.72. The van der Waals surface area contributed by atoms with Gasteiger partial charge in [-0.15, -0.1) is 0 Å². The van der Waals surface area contributed by atoms with Crippen molar-refractivity contribution in [2.75, 3.05) is 24.5 Å². The Morgan fingerprint density at radius 2 is 2.40 bits per heavy atom. The molecule has 104 valence electrons. The Bertz CT molecular complexity index is 569. The van der Waals surface area contributed by atoms with Crippen LogP contribution >= 0.6 is 0 Å². The normalized spacial score (nSPS) is 25.1. The fourth-order valence-corrected chi connectivity index (χ4v) is 3.16. The maximum Gasteiger partial charge on any atom is 0.329 e. The highest BCUT2D eigenvalue weighted by molar-refractivity contribution is 5.66. The minimum Gasteiger partial charge on any atom is -0.349 e. The predicted octanol–water partition coefficient (Wildman–Crippen LogP) is 1.05. The maximum atomic E-state index is 11.2. The van der Waals surface area contributed by atoms with Crippen molar-refractivity contribution in [2.45, 2.75) is 18.9 Å². The lowest BCUT2D eigenvalue weighted by molar-refractivity contribution is -0.384. The molecule has 0 spiro atoms. The Balaban J connectivity index is 1.95. The lowest BCUT2D eigenvalue weighted by Crippen LogP contribution is -2.40. The Morgan fingerprint density at radius 3 is 3.10 bits per heavy atom. The number of nitrogens with zero attached hydrogens (tertiary/aromatic N) is 4.